The number of aromatic nitrogens is 1. The summed E-state index contributed by atoms with van der Waals surface area (Å²) in [7, 11) is 0. The molecule has 0 bridgehead atoms. The Balaban J connectivity index is 1.38. The van der Waals surface area contributed by atoms with E-state index in [1.165, 1.54) is 5.56 Å². The van der Waals surface area contributed by atoms with E-state index < -0.39 is 0 Å². The van der Waals surface area contributed by atoms with E-state index in [1.54, 1.807) is 0 Å². The van der Waals surface area contributed by atoms with Gasteiger partial charge in [0.05, 0.1) is 32.1 Å². The topological polar surface area (TPSA) is 52.6 Å². The summed E-state index contributed by atoms with van der Waals surface area (Å²) < 4.78 is 18.9. The van der Waals surface area contributed by atoms with Crippen LogP contribution in [-0.2, 0) is 55.6 Å². The lowest BCUT2D eigenvalue weighted by Crippen LogP contribution is -2.17. The van der Waals surface area contributed by atoms with Crippen LogP contribution < -0.4 is 10.1 Å². The van der Waals surface area contributed by atoms with Crippen molar-refractivity contribution in [2.24, 2.45) is 0 Å². The van der Waals surface area contributed by atoms with E-state index in [0.29, 0.717) is 39.6 Å². The van der Waals surface area contributed by atoms with Crippen molar-refractivity contribution < 1.29 is 14.2 Å². The first-order valence-electron chi connectivity index (χ1n) is 14.0. The highest BCUT2D eigenvalue weighted by atomic mass is 16.5. The molecule has 0 radical (unpaired) electrons. The molecule has 0 aliphatic rings. The second kappa shape index (κ2) is 15.5. The van der Waals surface area contributed by atoms with Crippen molar-refractivity contribution in [1.29, 1.82) is 0 Å². The Morgan fingerprint density at radius 2 is 0.976 bits per heavy atom. The molecule has 0 atom stereocenters. The fraction of sp³-hybridized carbons (Fsp3) is 0.194. The second-order valence-corrected chi connectivity index (χ2v) is 9.86. The van der Waals surface area contributed by atoms with Gasteiger partial charge in [-0.2, -0.15) is 0 Å². The van der Waals surface area contributed by atoms with Crippen molar-refractivity contribution in [2.75, 3.05) is 0 Å². The molecule has 4 aromatic carbocycles. The molecule has 0 aliphatic carbocycles. The van der Waals surface area contributed by atoms with Crippen LogP contribution in [0.1, 0.15) is 39.1 Å². The van der Waals surface area contributed by atoms with Gasteiger partial charge in [-0.15, -0.1) is 0 Å². The summed E-state index contributed by atoms with van der Waals surface area (Å²) in [4.78, 5) is 4.85. The van der Waals surface area contributed by atoms with Crippen molar-refractivity contribution in [3.63, 3.8) is 0 Å². The predicted molar refractivity (Wildman–Crippen MR) is 162 cm³/mol. The van der Waals surface area contributed by atoms with Crippen LogP contribution in [0.5, 0.6) is 5.75 Å². The fourth-order valence-corrected chi connectivity index (χ4v) is 4.54. The van der Waals surface area contributed by atoms with E-state index >= 15 is 0 Å². The minimum atomic E-state index is 0.386. The number of pyridine rings is 1. The summed E-state index contributed by atoms with van der Waals surface area (Å²) in [5, 5.41) is 3.54. The molecule has 0 spiro atoms. The molecule has 0 unspecified atom stereocenters. The lowest BCUT2D eigenvalue weighted by Gasteiger charge is -2.20. The first-order chi connectivity index (χ1) is 20.3. The van der Waals surface area contributed by atoms with E-state index in [1.807, 2.05) is 66.9 Å². The smallest absolute Gasteiger partial charge is 0.148 e. The summed E-state index contributed by atoms with van der Waals surface area (Å²) in [6, 6.07) is 41.0. The zero-order valence-corrected chi connectivity index (χ0v) is 23.2. The molecule has 41 heavy (non-hydrogen) atoms. The molecular weight excluding hydrogens is 508 g/mol. The molecule has 0 saturated heterocycles. The number of nitrogens with one attached hydrogen (secondary N) is 1. The number of ether oxygens (including phenoxy) is 3. The van der Waals surface area contributed by atoms with Gasteiger partial charge in [-0.3, -0.25) is 4.98 Å². The normalized spacial score (nSPS) is 10.9. The predicted octanol–water partition coefficient (Wildman–Crippen LogP) is 7.38. The molecular formula is C36H36N2O3. The van der Waals surface area contributed by atoms with Gasteiger partial charge < -0.3 is 19.5 Å². The minimum absolute atomic E-state index is 0.386. The van der Waals surface area contributed by atoms with Crippen LogP contribution in [0.15, 0.2) is 128 Å². The SMILES string of the molecule is c1ccc(CNCc2ncc(COCc3ccccc3)c(COCc3ccccc3)c2OCc2ccccc2)cc1. The molecule has 5 heteroatoms. The zero-order chi connectivity index (χ0) is 28.0. The largest absolute Gasteiger partial charge is 0.487 e. The average Bonchev–Trinajstić information content (AvgIpc) is 3.03. The van der Waals surface area contributed by atoms with Crippen LogP contribution in [0.25, 0.3) is 0 Å². The first-order valence-corrected chi connectivity index (χ1v) is 14.0. The molecule has 1 N–H and O–H groups in total. The van der Waals surface area contributed by atoms with Crippen molar-refractivity contribution in [1.82, 2.24) is 10.3 Å². The summed E-state index contributed by atoms with van der Waals surface area (Å²) >= 11 is 0. The number of rotatable bonds is 15. The molecule has 0 aliphatic heterocycles. The van der Waals surface area contributed by atoms with Gasteiger partial charge in [-0.25, -0.2) is 0 Å². The van der Waals surface area contributed by atoms with E-state index in [9.17, 15) is 0 Å². The molecule has 0 fully saturated rings. The van der Waals surface area contributed by atoms with Gasteiger partial charge >= 0.3 is 0 Å². The number of hydrogen-bond donors (Lipinski definition) is 1. The Labute approximate surface area is 242 Å². The first kappa shape index (κ1) is 28.2. The molecule has 1 heterocycles. The monoisotopic (exact) mass is 544 g/mol. The number of hydrogen-bond acceptors (Lipinski definition) is 5. The van der Waals surface area contributed by atoms with Gasteiger partial charge in [-0.05, 0) is 22.3 Å². The lowest BCUT2D eigenvalue weighted by molar-refractivity contribution is 0.0908. The van der Waals surface area contributed by atoms with Gasteiger partial charge in [0.2, 0.25) is 0 Å². The maximum Gasteiger partial charge on any atom is 0.148 e. The Bertz CT molecular complexity index is 1450. The molecule has 1 aromatic heterocycles. The standard InChI is InChI=1S/C36H36N2O3/c1-5-13-29(14-6-1)21-37-23-35-36(41-26-32-19-11-4-12-20-32)34(28-40-25-31-17-9-3-10-18-31)33(22-38-35)27-39-24-30-15-7-2-8-16-30/h1-20,22,37H,21,23-28H2. The Morgan fingerprint density at radius 3 is 1.54 bits per heavy atom. The van der Waals surface area contributed by atoms with Crippen molar-refractivity contribution in [3.05, 3.63) is 167 Å². The van der Waals surface area contributed by atoms with Gasteiger partial charge in [0, 0.05) is 30.4 Å². The maximum atomic E-state index is 6.53. The van der Waals surface area contributed by atoms with Crippen LogP contribution in [0.2, 0.25) is 0 Å². The van der Waals surface area contributed by atoms with Gasteiger partial charge in [-0.1, -0.05) is 121 Å². The lowest BCUT2D eigenvalue weighted by atomic mass is 10.1. The second-order valence-electron chi connectivity index (χ2n) is 9.86. The number of nitrogens with zero attached hydrogens (tertiary/aromatic N) is 1. The van der Waals surface area contributed by atoms with Crippen LogP contribution in [0, 0.1) is 0 Å². The molecule has 5 rings (SSSR count). The van der Waals surface area contributed by atoms with E-state index in [2.05, 4.69) is 66.0 Å². The van der Waals surface area contributed by atoms with E-state index in [4.69, 9.17) is 19.2 Å². The van der Waals surface area contributed by atoms with Crippen molar-refractivity contribution in [2.45, 2.75) is 46.1 Å². The average molecular weight is 545 g/mol. The third kappa shape index (κ3) is 8.85. The highest BCUT2D eigenvalue weighted by Crippen LogP contribution is 2.29. The van der Waals surface area contributed by atoms with Gasteiger partial charge in [0.15, 0.2) is 0 Å². The molecule has 208 valence electrons. The number of benzene rings is 4. The summed E-state index contributed by atoms with van der Waals surface area (Å²) in [6.07, 6.45) is 1.90. The quantitative estimate of drug-likeness (QED) is 0.149. The Morgan fingerprint density at radius 1 is 0.488 bits per heavy atom. The fourth-order valence-electron chi connectivity index (χ4n) is 4.54. The third-order valence-electron chi connectivity index (χ3n) is 6.72. The highest BCUT2D eigenvalue weighted by Gasteiger charge is 2.18. The summed E-state index contributed by atoms with van der Waals surface area (Å²) in [5.74, 6) is 0.753. The van der Waals surface area contributed by atoms with Crippen LogP contribution in [0.4, 0.5) is 0 Å². The Hall–Kier alpha value is -4.29. The molecule has 0 amide bonds. The van der Waals surface area contributed by atoms with E-state index in [0.717, 1.165) is 45.8 Å². The summed E-state index contributed by atoms with van der Waals surface area (Å²) in [6.45, 7) is 3.56. The van der Waals surface area contributed by atoms with Crippen LogP contribution in [0.3, 0.4) is 0 Å². The third-order valence-corrected chi connectivity index (χ3v) is 6.72. The van der Waals surface area contributed by atoms with Gasteiger partial charge in [0.25, 0.3) is 0 Å². The highest BCUT2D eigenvalue weighted by molar-refractivity contribution is 5.42. The van der Waals surface area contributed by atoms with Crippen molar-refractivity contribution >= 4 is 0 Å². The van der Waals surface area contributed by atoms with Crippen molar-refractivity contribution in [3.8, 4) is 5.75 Å². The molecule has 5 nitrogen and oxygen atoms in total. The van der Waals surface area contributed by atoms with Gasteiger partial charge in [0.1, 0.15) is 12.4 Å². The maximum absolute atomic E-state index is 6.53. The molecule has 5 aromatic rings. The zero-order valence-electron chi connectivity index (χ0n) is 23.2. The minimum Gasteiger partial charge on any atom is -0.487 e. The van der Waals surface area contributed by atoms with Crippen LogP contribution >= 0.6 is 0 Å². The van der Waals surface area contributed by atoms with Crippen LogP contribution in [-0.4, -0.2) is 4.98 Å². The van der Waals surface area contributed by atoms with E-state index in [-0.39, 0.29) is 0 Å². The summed E-state index contributed by atoms with van der Waals surface area (Å²) in [5.41, 5.74) is 7.35. The molecule has 0 saturated carbocycles. The Kier molecular flexibility index (Phi) is 10.7.